The van der Waals surface area contributed by atoms with E-state index in [2.05, 4.69) is 89.7 Å². The summed E-state index contributed by atoms with van der Waals surface area (Å²) < 4.78 is 7.66. The van der Waals surface area contributed by atoms with Gasteiger partial charge in [0.1, 0.15) is 0 Å². The Balaban J connectivity index is 0.000000288. The monoisotopic (exact) mass is 647 g/mol. The van der Waals surface area contributed by atoms with Crippen LogP contribution in [0.2, 0.25) is 0 Å². The number of anilines is 1. The Kier molecular flexibility index (Phi) is 12.9. The van der Waals surface area contributed by atoms with E-state index in [1.54, 1.807) is 0 Å². The minimum Gasteiger partial charge on any atom is -0.517 e. The van der Waals surface area contributed by atoms with Gasteiger partial charge in [-0.2, -0.15) is 0 Å². The number of nitrogens with zero attached hydrogens (tertiary/aromatic N) is 1. The van der Waals surface area contributed by atoms with Crippen molar-refractivity contribution in [2.75, 3.05) is 11.3 Å². The van der Waals surface area contributed by atoms with Gasteiger partial charge in [0.25, 0.3) is 0 Å². The van der Waals surface area contributed by atoms with Crippen molar-refractivity contribution in [3.05, 3.63) is 65.7 Å². The Bertz CT molecular complexity index is 1030. The van der Waals surface area contributed by atoms with Crippen LogP contribution in [0.25, 0.3) is 0 Å². The zero-order valence-corrected chi connectivity index (χ0v) is 28.3. The molecule has 3 aliphatic rings. The Morgan fingerprint density at radius 1 is 0.947 bits per heavy atom. The van der Waals surface area contributed by atoms with Gasteiger partial charge in [-0.15, -0.1) is 17.0 Å². The summed E-state index contributed by atoms with van der Waals surface area (Å²) >= 11 is 4.45. The molecular weight excluding hydrogens is 598 g/mol. The van der Waals surface area contributed by atoms with Crippen LogP contribution < -0.4 is 9.64 Å². The molecule has 3 atom stereocenters. The Labute approximate surface area is 250 Å². The number of hydrogen-bond acceptors (Lipinski definition) is 2. The van der Waals surface area contributed by atoms with E-state index < -0.39 is 0 Å². The van der Waals surface area contributed by atoms with E-state index >= 15 is 0 Å². The standard InChI is InChI=1S/C22H34N.C10H12O.CH3Cl.ClH.Ru/c1-15(2)18-9-8-10-19(16(3)4)20(18)23-14-21(6)11-12-22(23,7)13-17(21)5;1-8(2)11-10-7-5-4-6-9(10)3;1-2;;/h8-10,14-17H,11-13H2,1-7H3;3-8H,1-2H3;1H3;1H;/q-1;;;;+1/p-1/t17-,21?,22?;;;;/m0..../s1. The van der Waals surface area contributed by atoms with Gasteiger partial charge in [0.2, 0.25) is 0 Å². The molecule has 1 aliphatic carbocycles. The first kappa shape index (κ1) is 33.3. The molecule has 38 heavy (non-hydrogen) atoms. The second-order valence-corrected chi connectivity index (χ2v) is 13.9. The second kappa shape index (κ2) is 14.7. The number of alkyl halides is 1. The van der Waals surface area contributed by atoms with Gasteiger partial charge in [0.15, 0.2) is 0 Å². The normalized spacial score (nSPS) is 24.6. The number of hydrogen-bond donors (Lipinski definition) is 0. The SMILES string of the molecule is CC(C)Oc1ccccc1[CH]=[Ru][Cl].CC(C)c1cccc(C(C)C)c1N1[CH-]C2(C)CCC1(C)C[C@@H]2C.CCl. The van der Waals surface area contributed by atoms with E-state index in [1.807, 2.05) is 42.7 Å². The first-order valence-corrected chi connectivity index (χ1v) is 17.9. The van der Waals surface area contributed by atoms with Gasteiger partial charge < -0.3 is 4.90 Å². The molecule has 0 amide bonds. The van der Waals surface area contributed by atoms with Gasteiger partial charge in [-0.05, 0) is 42.7 Å². The van der Waals surface area contributed by atoms with Crippen molar-refractivity contribution in [2.45, 2.75) is 105 Å². The third-order valence-corrected chi connectivity index (χ3v) is 9.28. The van der Waals surface area contributed by atoms with Crippen LogP contribution in [-0.2, 0) is 15.7 Å². The van der Waals surface area contributed by atoms with Crippen molar-refractivity contribution >= 4 is 31.6 Å². The molecule has 215 valence electrons. The zero-order chi connectivity index (χ0) is 28.7. The molecule has 0 aromatic heterocycles. The van der Waals surface area contributed by atoms with E-state index in [-0.39, 0.29) is 27.3 Å². The zero-order valence-electron chi connectivity index (χ0n) is 25.1. The summed E-state index contributed by atoms with van der Waals surface area (Å²) in [7, 11) is 5.72. The van der Waals surface area contributed by atoms with Crippen LogP contribution in [0, 0.1) is 17.9 Å². The van der Waals surface area contributed by atoms with Crippen molar-refractivity contribution in [3.63, 3.8) is 0 Å². The summed E-state index contributed by atoms with van der Waals surface area (Å²) in [5.41, 5.74) is 6.28. The molecular formula is C33H49Cl2NORu-. The van der Waals surface area contributed by atoms with Crippen molar-refractivity contribution in [2.24, 2.45) is 11.3 Å². The smallest absolute Gasteiger partial charge is 0.0145 e. The molecule has 0 N–H and O–H groups in total. The van der Waals surface area contributed by atoms with Crippen molar-refractivity contribution < 1.29 is 20.4 Å². The largest absolute Gasteiger partial charge is 0.517 e. The molecule has 2 nitrogen and oxygen atoms in total. The van der Waals surface area contributed by atoms with E-state index in [9.17, 15) is 0 Å². The second-order valence-electron chi connectivity index (χ2n) is 12.1. The number of halogens is 2. The fraction of sp³-hybridized carbons (Fsp3) is 0.576. The summed E-state index contributed by atoms with van der Waals surface area (Å²) in [6.07, 6.45) is 5.64. The summed E-state index contributed by atoms with van der Waals surface area (Å²) in [6.45, 7) is 23.4. The first-order chi connectivity index (χ1) is 17.9. The van der Waals surface area contributed by atoms with Gasteiger partial charge in [-0.25, -0.2) is 6.54 Å². The van der Waals surface area contributed by atoms with Crippen LogP contribution in [0.4, 0.5) is 5.69 Å². The molecule has 3 fully saturated rings. The summed E-state index contributed by atoms with van der Waals surface area (Å²) in [5.74, 6) is 2.83. The number of ether oxygens (including phenoxy) is 1. The van der Waals surface area contributed by atoms with Crippen LogP contribution in [0.3, 0.4) is 0 Å². The Morgan fingerprint density at radius 2 is 1.53 bits per heavy atom. The van der Waals surface area contributed by atoms with Gasteiger partial charge in [0.05, 0.1) is 0 Å². The number of fused-ring (bicyclic) bond motifs is 3. The van der Waals surface area contributed by atoms with E-state index in [0.717, 1.165) is 17.2 Å². The van der Waals surface area contributed by atoms with Crippen LogP contribution in [0.1, 0.15) is 110 Å². The summed E-state index contributed by atoms with van der Waals surface area (Å²) in [6, 6.07) is 14.9. The third kappa shape index (κ3) is 7.86. The predicted molar refractivity (Wildman–Crippen MR) is 166 cm³/mol. The molecule has 0 spiro atoms. The molecule has 2 aliphatic heterocycles. The van der Waals surface area contributed by atoms with Gasteiger partial charge >= 0.3 is 90.3 Å². The quantitative estimate of drug-likeness (QED) is 0.176. The minimum atomic E-state index is -0.191. The van der Waals surface area contributed by atoms with Crippen molar-refractivity contribution in [1.82, 2.24) is 0 Å². The van der Waals surface area contributed by atoms with Crippen molar-refractivity contribution in [1.29, 1.82) is 0 Å². The van der Waals surface area contributed by atoms with Crippen LogP contribution >= 0.6 is 21.3 Å². The van der Waals surface area contributed by atoms with Gasteiger partial charge in [0, 0.05) is 17.6 Å². The molecule has 2 aromatic carbocycles. The molecule has 5 heteroatoms. The molecule has 2 bridgehead atoms. The third-order valence-electron chi connectivity index (χ3n) is 8.09. The fourth-order valence-electron chi connectivity index (χ4n) is 5.73. The molecule has 2 heterocycles. The fourth-order valence-corrected chi connectivity index (χ4v) is 6.84. The predicted octanol–water partition coefficient (Wildman–Crippen LogP) is 10.2. The number of rotatable bonds is 6. The molecule has 5 rings (SSSR count). The molecule has 1 saturated carbocycles. The van der Waals surface area contributed by atoms with Crippen LogP contribution in [-0.4, -0.2) is 22.6 Å². The average Bonchev–Trinajstić information content (AvgIpc) is 2.87. The Hall–Kier alpha value is -0.887. The summed E-state index contributed by atoms with van der Waals surface area (Å²) in [4.78, 5) is 2.70. The molecule has 2 saturated heterocycles. The van der Waals surface area contributed by atoms with Crippen molar-refractivity contribution in [3.8, 4) is 5.75 Å². The van der Waals surface area contributed by atoms with E-state index in [0.29, 0.717) is 17.3 Å². The maximum absolute atomic E-state index is 5.72. The van der Waals surface area contributed by atoms with Crippen LogP contribution in [0.15, 0.2) is 42.5 Å². The Morgan fingerprint density at radius 3 is 2.03 bits per heavy atom. The van der Waals surface area contributed by atoms with E-state index in [4.69, 9.17) is 14.4 Å². The number of piperidine rings is 2. The minimum absolute atomic E-state index is 0.191. The first-order valence-electron chi connectivity index (χ1n) is 13.9. The van der Waals surface area contributed by atoms with Gasteiger partial charge in [-0.3, -0.25) is 0 Å². The van der Waals surface area contributed by atoms with Crippen LogP contribution in [0.5, 0.6) is 5.75 Å². The molecule has 0 radical (unpaired) electrons. The molecule has 2 aromatic rings. The molecule has 2 unspecified atom stereocenters. The average molecular weight is 648 g/mol. The summed E-state index contributed by atoms with van der Waals surface area (Å²) in [5, 5.41) is 0. The number of para-hydroxylation sites is 2. The van der Waals surface area contributed by atoms with E-state index in [1.165, 1.54) is 42.5 Å². The maximum Gasteiger partial charge on any atom is 0.0145 e. The van der Waals surface area contributed by atoms with Gasteiger partial charge in [-0.1, -0.05) is 72.1 Å². The topological polar surface area (TPSA) is 12.5 Å². The number of benzene rings is 2. The maximum atomic E-state index is 5.72.